The molecule has 0 saturated carbocycles. The van der Waals surface area contributed by atoms with Gasteiger partial charge in [-0.2, -0.15) is 0 Å². The van der Waals surface area contributed by atoms with Crippen LogP contribution in [-0.4, -0.2) is 19.7 Å². The summed E-state index contributed by atoms with van der Waals surface area (Å²) in [5, 5.41) is 17.5. The van der Waals surface area contributed by atoms with E-state index in [0.29, 0.717) is 16.6 Å². The maximum absolute atomic E-state index is 11.4. The fourth-order valence-electron chi connectivity index (χ4n) is 1.58. The van der Waals surface area contributed by atoms with Crippen molar-refractivity contribution in [2.24, 2.45) is 0 Å². The number of rotatable bonds is 4. The summed E-state index contributed by atoms with van der Waals surface area (Å²) in [6.45, 7) is 2.21. The van der Waals surface area contributed by atoms with E-state index in [1.165, 1.54) is 10.6 Å². The van der Waals surface area contributed by atoms with E-state index >= 15 is 0 Å². The summed E-state index contributed by atoms with van der Waals surface area (Å²) in [6, 6.07) is 4.64. The van der Waals surface area contributed by atoms with Crippen LogP contribution in [0.3, 0.4) is 0 Å². The third-order valence-corrected chi connectivity index (χ3v) is 3.50. The molecule has 0 aliphatic rings. The predicted molar refractivity (Wildman–Crippen MR) is 70.2 cm³/mol. The molecule has 0 bridgehead atoms. The second-order valence-electron chi connectivity index (χ2n) is 3.61. The van der Waals surface area contributed by atoms with Crippen molar-refractivity contribution in [1.82, 2.24) is 14.8 Å². The lowest BCUT2D eigenvalue weighted by molar-refractivity contribution is -0.386. The predicted octanol–water partition coefficient (Wildman–Crippen LogP) is 1.23. The fourth-order valence-corrected chi connectivity index (χ4v) is 2.62. The molecule has 0 saturated heterocycles. The molecule has 0 atom stereocenters. The molecule has 1 aromatic carbocycles. The first-order valence-corrected chi connectivity index (χ1v) is 6.22. The maximum atomic E-state index is 11.4. The number of aromatic nitrogens is 3. The van der Waals surface area contributed by atoms with Crippen molar-refractivity contribution < 1.29 is 4.92 Å². The summed E-state index contributed by atoms with van der Waals surface area (Å²) in [7, 11) is 0. The summed E-state index contributed by atoms with van der Waals surface area (Å²) < 4.78 is 1.39. The van der Waals surface area contributed by atoms with Gasteiger partial charge in [0.2, 0.25) is 0 Å². The number of para-hydroxylation sites is 1. The largest absolute Gasteiger partial charge is 0.393 e. The number of aromatic amines is 1. The van der Waals surface area contributed by atoms with Gasteiger partial charge in [-0.15, -0.1) is 5.10 Å². The van der Waals surface area contributed by atoms with Gasteiger partial charge in [0.15, 0.2) is 5.16 Å². The van der Waals surface area contributed by atoms with Crippen LogP contribution in [0.25, 0.3) is 0 Å². The number of nitrogen functional groups attached to an aromatic ring is 1. The number of nitro benzene ring substituents is 1. The van der Waals surface area contributed by atoms with E-state index in [1.54, 1.807) is 19.1 Å². The third-order valence-electron chi connectivity index (χ3n) is 2.45. The molecule has 9 heteroatoms. The van der Waals surface area contributed by atoms with Crippen LogP contribution in [0.1, 0.15) is 6.92 Å². The van der Waals surface area contributed by atoms with Gasteiger partial charge in [0.1, 0.15) is 5.69 Å². The Hall–Kier alpha value is -2.29. The second kappa shape index (κ2) is 5.14. The minimum atomic E-state index is -0.543. The van der Waals surface area contributed by atoms with Crippen LogP contribution in [0.15, 0.2) is 33.0 Å². The summed E-state index contributed by atoms with van der Waals surface area (Å²) in [5.74, 6) is 0. The number of nitro groups is 1. The number of nitrogens with zero attached hydrogens (tertiary/aromatic N) is 3. The van der Waals surface area contributed by atoms with Crippen molar-refractivity contribution in [3.05, 3.63) is 38.8 Å². The first-order valence-electron chi connectivity index (χ1n) is 5.40. The molecular formula is C10H11N5O3S. The Morgan fingerprint density at radius 2 is 2.32 bits per heavy atom. The SMILES string of the molecule is CCn1c(Sc2cccc(N)c2[N+](=O)[O-])n[nH]c1=O. The Balaban J connectivity index is 2.47. The topological polar surface area (TPSA) is 120 Å². The van der Waals surface area contributed by atoms with E-state index in [0.717, 1.165) is 11.8 Å². The number of hydrogen-bond acceptors (Lipinski definition) is 6. The number of anilines is 1. The normalized spacial score (nSPS) is 10.6. The molecule has 2 rings (SSSR count). The molecule has 100 valence electrons. The van der Waals surface area contributed by atoms with Crippen LogP contribution in [0.4, 0.5) is 11.4 Å². The van der Waals surface area contributed by atoms with Crippen molar-refractivity contribution in [1.29, 1.82) is 0 Å². The zero-order valence-corrected chi connectivity index (χ0v) is 10.8. The minimum Gasteiger partial charge on any atom is -0.393 e. The van der Waals surface area contributed by atoms with Crippen LogP contribution >= 0.6 is 11.8 Å². The first kappa shape index (κ1) is 13.1. The third kappa shape index (κ3) is 2.45. The van der Waals surface area contributed by atoms with E-state index in [9.17, 15) is 14.9 Å². The zero-order chi connectivity index (χ0) is 14.0. The molecule has 0 aliphatic carbocycles. The lowest BCUT2D eigenvalue weighted by atomic mass is 10.3. The van der Waals surface area contributed by atoms with Crippen molar-refractivity contribution in [3.63, 3.8) is 0 Å². The van der Waals surface area contributed by atoms with E-state index < -0.39 is 4.92 Å². The van der Waals surface area contributed by atoms with E-state index in [1.807, 2.05) is 0 Å². The Morgan fingerprint density at radius 3 is 2.95 bits per heavy atom. The highest BCUT2D eigenvalue weighted by Crippen LogP contribution is 2.36. The van der Waals surface area contributed by atoms with Gasteiger partial charge in [-0.3, -0.25) is 14.7 Å². The summed E-state index contributed by atoms with van der Waals surface area (Å²) >= 11 is 1.03. The molecule has 3 N–H and O–H groups in total. The number of hydrogen-bond donors (Lipinski definition) is 2. The van der Waals surface area contributed by atoms with Gasteiger partial charge in [-0.25, -0.2) is 9.89 Å². The molecule has 19 heavy (non-hydrogen) atoms. The van der Waals surface area contributed by atoms with Gasteiger partial charge >= 0.3 is 11.4 Å². The second-order valence-corrected chi connectivity index (χ2v) is 4.62. The average Bonchev–Trinajstić information content (AvgIpc) is 2.69. The number of benzene rings is 1. The summed E-state index contributed by atoms with van der Waals surface area (Å²) in [4.78, 5) is 22.2. The summed E-state index contributed by atoms with van der Waals surface area (Å²) in [6.07, 6.45) is 0. The average molecular weight is 281 g/mol. The first-order chi connectivity index (χ1) is 9.04. The standard InChI is InChI=1S/C10H11N5O3S/c1-2-14-9(16)12-13-10(14)19-7-5-3-4-6(11)8(7)15(17)18/h3-5H,2,11H2,1H3,(H,12,16). The molecule has 0 unspecified atom stereocenters. The number of nitrogens with one attached hydrogen (secondary N) is 1. The number of nitrogens with two attached hydrogens (primary N) is 1. The van der Waals surface area contributed by atoms with Crippen molar-refractivity contribution in [3.8, 4) is 0 Å². The highest BCUT2D eigenvalue weighted by atomic mass is 32.2. The highest BCUT2D eigenvalue weighted by molar-refractivity contribution is 7.99. The lowest BCUT2D eigenvalue weighted by Gasteiger charge is -2.04. The smallest absolute Gasteiger partial charge is 0.343 e. The molecule has 1 heterocycles. The molecular weight excluding hydrogens is 270 g/mol. The Bertz CT molecular complexity index is 678. The van der Waals surface area contributed by atoms with Gasteiger partial charge in [0, 0.05) is 6.54 Å². The maximum Gasteiger partial charge on any atom is 0.343 e. The van der Waals surface area contributed by atoms with Gasteiger partial charge in [0.25, 0.3) is 0 Å². The minimum absolute atomic E-state index is 0.0796. The fraction of sp³-hybridized carbons (Fsp3) is 0.200. The van der Waals surface area contributed by atoms with Crippen LogP contribution in [0.2, 0.25) is 0 Å². The zero-order valence-electron chi connectivity index (χ0n) is 9.99. The van der Waals surface area contributed by atoms with Crippen LogP contribution in [0.5, 0.6) is 0 Å². The molecule has 0 spiro atoms. The van der Waals surface area contributed by atoms with Gasteiger partial charge in [0.05, 0.1) is 9.82 Å². The lowest BCUT2D eigenvalue weighted by Crippen LogP contribution is -2.16. The molecule has 8 nitrogen and oxygen atoms in total. The van der Waals surface area contributed by atoms with Crippen molar-refractivity contribution in [2.75, 3.05) is 5.73 Å². The van der Waals surface area contributed by atoms with Crippen LogP contribution in [-0.2, 0) is 6.54 Å². The van der Waals surface area contributed by atoms with Gasteiger partial charge < -0.3 is 5.73 Å². The van der Waals surface area contributed by atoms with E-state index in [-0.39, 0.29) is 17.1 Å². The Morgan fingerprint density at radius 1 is 1.58 bits per heavy atom. The Kier molecular flexibility index (Phi) is 3.56. The number of H-pyrrole nitrogens is 1. The van der Waals surface area contributed by atoms with Gasteiger partial charge in [-0.05, 0) is 30.8 Å². The van der Waals surface area contributed by atoms with Gasteiger partial charge in [-0.1, -0.05) is 6.07 Å². The molecule has 0 fully saturated rings. The Labute approximate surface area is 111 Å². The van der Waals surface area contributed by atoms with E-state index in [2.05, 4.69) is 10.2 Å². The molecule has 0 amide bonds. The van der Waals surface area contributed by atoms with Crippen molar-refractivity contribution in [2.45, 2.75) is 23.5 Å². The van der Waals surface area contributed by atoms with Crippen LogP contribution in [0, 0.1) is 10.1 Å². The molecule has 2 aromatic rings. The van der Waals surface area contributed by atoms with Crippen LogP contribution < -0.4 is 11.4 Å². The van der Waals surface area contributed by atoms with E-state index in [4.69, 9.17) is 5.73 Å². The molecule has 0 radical (unpaired) electrons. The molecule has 0 aliphatic heterocycles. The summed E-state index contributed by atoms with van der Waals surface area (Å²) in [5.41, 5.74) is 5.15. The highest BCUT2D eigenvalue weighted by Gasteiger charge is 2.20. The van der Waals surface area contributed by atoms with Crippen molar-refractivity contribution >= 4 is 23.1 Å². The molecule has 1 aromatic heterocycles. The monoisotopic (exact) mass is 281 g/mol. The quantitative estimate of drug-likeness (QED) is 0.494.